The fourth-order valence-electron chi connectivity index (χ4n) is 2.72. The van der Waals surface area contributed by atoms with Crippen molar-refractivity contribution in [2.75, 3.05) is 13.1 Å². The third-order valence-corrected chi connectivity index (χ3v) is 3.82. The highest BCUT2D eigenvalue weighted by atomic mass is 16.2. The Bertz CT molecular complexity index is 525. The third kappa shape index (κ3) is 2.55. The van der Waals surface area contributed by atoms with Crippen LogP contribution in [0.15, 0.2) is 54.9 Å². The molecule has 1 amide bonds. The first-order chi connectivity index (χ1) is 9.34. The van der Waals surface area contributed by atoms with Crippen LogP contribution in [0.1, 0.15) is 29.2 Å². The molecule has 0 aliphatic carbocycles. The number of likely N-dealkylation sites (tertiary alicyclic amines) is 1. The molecule has 1 aromatic carbocycles. The summed E-state index contributed by atoms with van der Waals surface area (Å²) in [5.74, 6) is 0.159. The highest BCUT2D eigenvalue weighted by molar-refractivity contribution is 5.94. The quantitative estimate of drug-likeness (QED) is 0.809. The number of amides is 1. The Morgan fingerprint density at radius 1 is 0.947 bits per heavy atom. The Labute approximate surface area is 113 Å². The molecule has 1 saturated heterocycles. The van der Waals surface area contributed by atoms with Crippen molar-refractivity contribution in [1.82, 2.24) is 9.47 Å². The first kappa shape index (κ1) is 12.0. The van der Waals surface area contributed by atoms with Gasteiger partial charge >= 0.3 is 0 Å². The van der Waals surface area contributed by atoms with Gasteiger partial charge in [-0.1, -0.05) is 18.2 Å². The monoisotopic (exact) mass is 254 g/mol. The number of carbonyl (C=O) groups is 1. The van der Waals surface area contributed by atoms with Crippen molar-refractivity contribution in [3.05, 3.63) is 60.4 Å². The summed E-state index contributed by atoms with van der Waals surface area (Å²) in [5.41, 5.74) is 0.793. The Morgan fingerprint density at radius 2 is 1.58 bits per heavy atom. The van der Waals surface area contributed by atoms with Gasteiger partial charge in [0.15, 0.2) is 0 Å². The third-order valence-electron chi connectivity index (χ3n) is 3.82. The zero-order valence-corrected chi connectivity index (χ0v) is 10.9. The molecule has 0 radical (unpaired) electrons. The minimum Gasteiger partial charge on any atom is -0.351 e. The topological polar surface area (TPSA) is 25.2 Å². The van der Waals surface area contributed by atoms with Crippen LogP contribution in [-0.2, 0) is 0 Å². The van der Waals surface area contributed by atoms with Crippen LogP contribution in [0.2, 0.25) is 0 Å². The van der Waals surface area contributed by atoms with E-state index in [1.807, 2.05) is 35.2 Å². The molecule has 98 valence electrons. The molecule has 0 atom stereocenters. The number of rotatable bonds is 2. The lowest BCUT2D eigenvalue weighted by atomic mass is 10.0. The Morgan fingerprint density at radius 3 is 2.21 bits per heavy atom. The summed E-state index contributed by atoms with van der Waals surface area (Å²) < 4.78 is 2.25. The fourth-order valence-corrected chi connectivity index (χ4v) is 2.72. The highest BCUT2D eigenvalue weighted by Gasteiger charge is 2.23. The first-order valence-corrected chi connectivity index (χ1v) is 6.81. The molecule has 2 heterocycles. The summed E-state index contributed by atoms with van der Waals surface area (Å²) in [7, 11) is 0. The van der Waals surface area contributed by atoms with Crippen molar-refractivity contribution >= 4 is 5.91 Å². The van der Waals surface area contributed by atoms with Gasteiger partial charge in [-0.2, -0.15) is 0 Å². The smallest absolute Gasteiger partial charge is 0.253 e. The minimum absolute atomic E-state index is 0.159. The zero-order valence-electron chi connectivity index (χ0n) is 10.9. The molecule has 0 spiro atoms. The maximum Gasteiger partial charge on any atom is 0.253 e. The van der Waals surface area contributed by atoms with Crippen molar-refractivity contribution in [3.63, 3.8) is 0 Å². The molecular formula is C16H18N2O. The van der Waals surface area contributed by atoms with E-state index >= 15 is 0 Å². The molecule has 1 aromatic heterocycles. The number of carbonyl (C=O) groups excluding carboxylic acids is 1. The number of piperidine rings is 1. The molecule has 2 aromatic rings. The lowest BCUT2D eigenvalue weighted by Crippen LogP contribution is -2.38. The molecule has 3 heteroatoms. The van der Waals surface area contributed by atoms with Crippen molar-refractivity contribution in [2.45, 2.75) is 18.9 Å². The van der Waals surface area contributed by atoms with E-state index in [1.165, 1.54) is 0 Å². The van der Waals surface area contributed by atoms with E-state index in [9.17, 15) is 4.79 Å². The number of hydrogen-bond donors (Lipinski definition) is 0. The average Bonchev–Trinajstić information content (AvgIpc) is 3.02. The molecule has 1 aliphatic heterocycles. The number of aromatic nitrogens is 1. The number of hydrogen-bond acceptors (Lipinski definition) is 1. The van der Waals surface area contributed by atoms with Crippen LogP contribution in [0.3, 0.4) is 0 Å². The lowest BCUT2D eigenvalue weighted by molar-refractivity contribution is 0.0694. The second-order valence-corrected chi connectivity index (χ2v) is 5.02. The Balaban J connectivity index is 1.63. The molecule has 0 bridgehead atoms. The van der Waals surface area contributed by atoms with Crippen LogP contribution in [0.25, 0.3) is 0 Å². The molecule has 0 N–H and O–H groups in total. The summed E-state index contributed by atoms with van der Waals surface area (Å²) in [5, 5.41) is 0. The van der Waals surface area contributed by atoms with E-state index in [2.05, 4.69) is 29.1 Å². The second kappa shape index (κ2) is 5.31. The van der Waals surface area contributed by atoms with Gasteiger partial charge in [-0.15, -0.1) is 0 Å². The second-order valence-electron chi connectivity index (χ2n) is 5.02. The van der Waals surface area contributed by atoms with E-state index in [0.717, 1.165) is 31.5 Å². The average molecular weight is 254 g/mol. The van der Waals surface area contributed by atoms with Crippen LogP contribution in [0, 0.1) is 0 Å². The maximum absolute atomic E-state index is 12.3. The maximum atomic E-state index is 12.3. The van der Waals surface area contributed by atoms with E-state index in [1.54, 1.807) is 0 Å². The van der Waals surface area contributed by atoms with Gasteiger partial charge in [0, 0.05) is 37.1 Å². The molecule has 3 rings (SSSR count). The predicted molar refractivity (Wildman–Crippen MR) is 75.0 cm³/mol. The SMILES string of the molecule is O=C(c1ccccc1)N1CCC(n2cccc2)CC1. The number of nitrogens with zero attached hydrogens (tertiary/aromatic N) is 2. The van der Waals surface area contributed by atoms with Crippen LogP contribution < -0.4 is 0 Å². The molecule has 0 saturated carbocycles. The summed E-state index contributed by atoms with van der Waals surface area (Å²) in [6, 6.07) is 14.2. The van der Waals surface area contributed by atoms with E-state index < -0.39 is 0 Å². The molecule has 19 heavy (non-hydrogen) atoms. The summed E-state index contributed by atoms with van der Waals surface area (Å²) in [6.07, 6.45) is 6.29. The van der Waals surface area contributed by atoms with E-state index in [0.29, 0.717) is 6.04 Å². The Hall–Kier alpha value is -2.03. The van der Waals surface area contributed by atoms with Gasteiger partial charge in [0.05, 0.1) is 0 Å². The van der Waals surface area contributed by atoms with Crippen LogP contribution in [-0.4, -0.2) is 28.5 Å². The molecule has 0 unspecified atom stereocenters. The molecule has 3 nitrogen and oxygen atoms in total. The molecular weight excluding hydrogens is 236 g/mol. The van der Waals surface area contributed by atoms with Crippen molar-refractivity contribution in [2.24, 2.45) is 0 Å². The summed E-state index contributed by atoms with van der Waals surface area (Å²) in [4.78, 5) is 14.3. The van der Waals surface area contributed by atoms with Crippen molar-refractivity contribution < 1.29 is 4.79 Å². The van der Waals surface area contributed by atoms with Crippen LogP contribution in [0.4, 0.5) is 0 Å². The Kier molecular flexibility index (Phi) is 3.36. The van der Waals surface area contributed by atoms with Crippen LogP contribution in [0.5, 0.6) is 0 Å². The highest BCUT2D eigenvalue weighted by Crippen LogP contribution is 2.23. The molecule has 1 fully saturated rings. The van der Waals surface area contributed by atoms with E-state index in [4.69, 9.17) is 0 Å². The van der Waals surface area contributed by atoms with Gasteiger partial charge in [-0.05, 0) is 37.1 Å². The summed E-state index contributed by atoms with van der Waals surface area (Å²) >= 11 is 0. The summed E-state index contributed by atoms with van der Waals surface area (Å²) in [6.45, 7) is 1.69. The first-order valence-electron chi connectivity index (χ1n) is 6.81. The van der Waals surface area contributed by atoms with Crippen LogP contribution >= 0.6 is 0 Å². The number of benzene rings is 1. The predicted octanol–water partition coefficient (Wildman–Crippen LogP) is 2.97. The van der Waals surface area contributed by atoms with Crippen molar-refractivity contribution in [3.8, 4) is 0 Å². The fraction of sp³-hybridized carbons (Fsp3) is 0.312. The largest absolute Gasteiger partial charge is 0.351 e. The van der Waals surface area contributed by atoms with Gasteiger partial charge < -0.3 is 9.47 Å². The van der Waals surface area contributed by atoms with E-state index in [-0.39, 0.29) is 5.91 Å². The van der Waals surface area contributed by atoms with Crippen molar-refractivity contribution in [1.29, 1.82) is 0 Å². The van der Waals surface area contributed by atoms with Gasteiger partial charge in [0.1, 0.15) is 0 Å². The lowest BCUT2D eigenvalue weighted by Gasteiger charge is -2.32. The van der Waals surface area contributed by atoms with Gasteiger partial charge in [-0.25, -0.2) is 0 Å². The normalized spacial score (nSPS) is 16.5. The van der Waals surface area contributed by atoms with Gasteiger partial charge in [-0.3, -0.25) is 4.79 Å². The van der Waals surface area contributed by atoms with Gasteiger partial charge in [0.2, 0.25) is 0 Å². The standard InChI is InChI=1S/C16H18N2O/c19-16(14-6-2-1-3-7-14)18-12-8-15(9-13-18)17-10-4-5-11-17/h1-7,10-11,15H,8-9,12-13H2. The molecule has 1 aliphatic rings. The zero-order chi connectivity index (χ0) is 13.1. The minimum atomic E-state index is 0.159. The van der Waals surface area contributed by atoms with Gasteiger partial charge in [0.25, 0.3) is 5.91 Å².